The largest absolute Gasteiger partial charge is 0.449 e. The molecule has 0 spiro atoms. The number of nitrogens with one attached hydrogen (secondary N) is 3. The molecule has 2 atom stereocenters. The molecule has 0 aliphatic carbocycles. The number of hydrogen-bond donors (Lipinski definition) is 3. The molecule has 1 amide bonds. The number of ether oxygens (including phenoxy) is 1. The highest BCUT2D eigenvalue weighted by molar-refractivity contribution is 6.04. The van der Waals surface area contributed by atoms with Crippen LogP contribution in [0.2, 0.25) is 0 Å². The molecule has 4 aromatic rings. The monoisotopic (exact) mass is 524 g/mol. The summed E-state index contributed by atoms with van der Waals surface area (Å²) in [7, 11) is 3.99. The lowest BCUT2D eigenvalue weighted by molar-refractivity contribution is -0.108. The van der Waals surface area contributed by atoms with Gasteiger partial charge in [-0.3, -0.25) is 10.1 Å². The quantitative estimate of drug-likeness (QED) is 0.208. The van der Waals surface area contributed by atoms with Crippen LogP contribution in [0.15, 0.2) is 77.7 Å². The SMILES string of the molecule is BN(C)Cc1cccc(NC(=O)OC[C@H](C)c2ccc(C(C=O)Nc3ccc4cc[nH]c(=O)c4c3)cc2C)c1. The van der Waals surface area contributed by atoms with E-state index in [9.17, 15) is 14.4 Å². The van der Waals surface area contributed by atoms with Crippen molar-refractivity contribution in [3.8, 4) is 0 Å². The van der Waals surface area contributed by atoms with Crippen molar-refractivity contribution in [1.82, 2.24) is 9.79 Å². The molecular formula is C30H33BN4O4. The minimum Gasteiger partial charge on any atom is -0.449 e. The summed E-state index contributed by atoms with van der Waals surface area (Å²) in [6, 6.07) is 20.2. The molecule has 0 aliphatic rings. The van der Waals surface area contributed by atoms with Gasteiger partial charge in [0.2, 0.25) is 0 Å². The van der Waals surface area contributed by atoms with E-state index in [1.54, 1.807) is 12.3 Å². The van der Waals surface area contributed by atoms with Crippen LogP contribution in [0.5, 0.6) is 0 Å². The van der Waals surface area contributed by atoms with E-state index >= 15 is 0 Å². The molecular weight excluding hydrogens is 491 g/mol. The van der Waals surface area contributed by atoms with Crippen molar-refractivity contribution >= 4 is 42.5 Å². The first-order chi connectivity index (χ1) is 18.7. The summed E-state index contributed by atoms with van der Waals surface area (Å²) in [6.07, 6.45) is 1.95. The van der Waals surface area contributed by atoms with Gasteiger partial charge in [-0.05, 0) is 71.9 Å². The van der Waals surface area contributed by atoms with Gasteiger partial charge in [0, 0.05) is 35.4 Å². The van der Waals surface area contributed by atoms with Gasteiger partial charge in [-0.25, -0.2) is 4.79 Å². The Morgan fingerprint density at radius 2 is 1.92 bits per heavy atom. The predicted octanol–water partition coefficient (Wildman–Crippen LogP) is 4.52. The van der Waals surface area contributed by atoms with E-state index in [-0.39, 0.29) is 18.1 Å². The van der Waals surface area contributed by atoms with Gasteiger partial charge in [-0.15, -0.1) is 0 Å². The number of rotatable bonds is 10. The number of hydrogen-bond acceptors (Lipinski definition) is 6. The van der Waals surface area contributed by atoms with Crippen molar-refractivity contribution in [2.75, 3.05) is 24.3 Å². The molecule has 0 fully saturated rings. The van der Waals surface area contributed by atoms with E-state index in [4.69, 9.17) is 4.74 Å². The summed E-state index contributed by atoms with van der Waals surface area (Å²) in [4.78, 5) is 41.3. The van der Waals surface area contributed by atoms with E-state index in [2.05, 4.69) is 20.4 Å². The Labute approximate surface area is 228 Å². The molecule has 9 heteroatoms. The fraction of sp³-hybridized carbons (Fsp3) is 0.233. The fourth-order valence-corrected chi connectivity index (χ4v) is 4.65. The van der Waals surface area contributed by atoms with Crippen LogP contribution >= 0.6 is 0 Å². The second-order valence-electron chi connectivity index (χ2n) is 10.0. The lowest BCUT2D eigenvalue weighted by Gasteiger charge is -2.19. The number of aldehydes is 1. The number of carbonyl (C=O) groups excluding carboxylic acids is 2. The van der Waals surface area contributed by atoms with Crippen LogP contribution in [0.1, 0.15) is 41.1 Å². The fourth-order valence-electron chi connectivity index (χ4n) is 4.65. The maximum absolute atomic E-state index is 12.4. The molecule has 0 aliphatic heterocycles. The highest BCUT2D eigenvalue weighted by Crippen LogP contribution is 2.26. The number of carbonyl (C=O) groups is 2. The van der Waals surface area contributed by atoms with Crippen molar-refractivity contribution < 1.29 is 14.3 Å². The molecule has 0 bridgehead atoms. The highest BCUT2D eigenvalue weighted by Gasteiger charge is 2.16. The topological polar surface area (TPSA) is 104 Å². The number of amides is 1. The Balaban J connectivity index is 1.38. The smallest absolute Gasteiger partial charge is 0.411 e. The number of aryl methyl sites for hydroxylation is 1. The van der Waals surface area contributed by atoms with Gasteiger partial charge < -0.3 is 24.6 Å². The van der Waals surface area contributed by atoms with Gasteiger partial charge in [-0.1, -0.05) is 43.3 Å². The molecule has 200 valence electrons. The number of pyridine rings is 1. The Hall–Kier alpha value is -4.37. The number of H-pyrrole nitrogens is 1. The van der Waals surface area contributed by atoms with Crippen molar-refractivity contribution in [1.29, 1.82) is 0 Å². The minimum absolute atomic E-state index is 0.0419. The number of nitrogens with zero attached hydrogens (tertiary/aromatic N) is 1. The Morgan fingerprint density at radius 1 is 1.10 bits per heavy atom. The van der Waals surface area contributed by atoms with Crippen LogP contribution < -0.4 is 16.2 Å². The summed E-state index contributed by atoms with van der Waals surface area (Å²) in [5.74, 6) is -0.0419. The first-order valence-corrected chi connectivity index (χ1v) is 12.8. The van der Waals surface area contributed by atoms with Crippen LogP contribution in [0.3, 0.4) is 0 Å². The van der Waals surface area contributed by atoms with Gasteiger partial charge in [0.1, 0.15) is 12.3 Å². The number of anilines is 2. The lowest BCUT2D eigenvalue weighted by Crippen LogP contribution is -2.18. The molecule has 0 radical (unpaired) electrons. The molecule has 3 N–H and O–H groups in total. The summed E-state index contributed by atoms with van der Waals surface area (Å²) in [6.45, 7) is 4.96. The normalized spacial score (nSPS) is 12.6. The van der Waals surface area contributed by atoms with Crippen molar-refractivity contribution in [2.24, 2.45) is 0 Å². The lowest BCUT2D eigenvalue weighted by atomic mass is 9.93. The zero-order valence-electron chi connectivity index (χ0n) is 22.7. The summed E-state index contributed by atoms with van der Waals surface area (Å²) in [5, 5.41) is 7.40. The summed E-state index contributed by atoms with van der Waals surface area (Å²) in [5.41, 5.74) is 5.11. The standard InChI is InChI=1S/C30H33BN4O4/c1-19-13-23(28(17-36)33-25-9-7-22-11-12-32-29(37)27(22)15-25)8-10-26(19)20(2)18-39-30(38)34-24-6-4-5-21(14-24)16-35(3)31/h4-15,17,20,28,33H,16,18,31H2,1-3H3,(H,32,37)(H,34,38)/t20-,28?/m0/s1. The number of aromatic amines is 1. The first-order valence-electron chi connectivity index (χ1n) is 12.8. The molecule has 1 unspecified atom stereocenters. The second kappa shape index (κ2) is 12.5. The van der Waals surface area contributed by atoms with Crippen LogP contribution in [0, 0.1) is 6.92 Å². The van der Waals surface area contributed by atoms with E-state index in [1.165, 1.54) is 0 Å². The third kappa shape index (κ3) is 7.15. The Morgan fingerprint density at radius 3 is 2.67 bits per heavy atom. The van der Waals surface area contributed by atoms with E-state index in [1.807, 2.05) is 89.5 Å². The van der Waals surface area contributed by atoms with Crippen LogP contribution in [0.4, 0.5) is 16.2 Å². The van der Waals surface area contributed by atoms with Gasteiger partial charge in [0.25, 0.3) is 5.56 Å². The number of benzene rings is 3. The van der Waals surface area contributed by atoms with Crippen LogP contribution in [-0.2, 0) is 16.1 Å². The Bertz CT molecular complexity index is 1540. The van der Waals surface area contributed by atoms with Crippen LogP contribution in [-0.4, -0.2) is 43.8 Å². The molecule has 39 heavy (non-hydrogen) atoms. The molecule has 0 saturated heterocycles. The first kappa shape index (κ1) is 27.7. The molecule has 3 aromatic carbocycles. The van der Waals surface area contributed by atoms with E-state index in [0.29, 0.717) is 16.8 Å². The molecule has 8 nitrogen and oxygen atoms in total. The molecule has 1 heterocycles. The van der Waals surface area contributed by atoms with Crippen molar-refractivity contribution in [3.05, 3.63) is 106 Å². The number of aromatic nitrogens is 1. The minimum atomic E-state index is -0.585. The van der Waals surface area contributed by atoms with Gasteiger partial charge in [0.15, 0.2) is 7.98 Å². The third-order valence-corrected chi connectivity index (χ3v) is 6.55. The summed E-state index contributed by atoms with van der Waals surface area (Å²) < 4.78 is 5.50. The Kier molecular flexibility index (Phi) is 8.83. The van der Waals surface area contributed by atoms with Crippen LogP contribution in [0.25, 0.3) is 10.8 Å². The van der Waals surface area contributed by atoms with Crippen molar-refractivity contribution in [3.63, 3.8) is 0 Å². The molecule has 0 saturated carbocycles. The summed E-state index contributed by atoms with van der Waals surface area (Å²) >= 11 is 0. The van der Waals surface area contributed by atoms with Gasteiger partial charge in [0.05, 0.1) is 6.61 Å². The van der Waals surface area contributed by atoms with E-state index in [0.717, 1.165) is 40.5 Å². The maximum Gasteiger partial charge on any atom is 0.411 e. The third-order valence-electron chi connectivity index (χ3n) is 6.55. The average Bonchev–Trinajstić information content (AvgIpc) is 2.90. The van der Waals surface area contributed by atoms with Gasteiger partial charge in [-0.2, -0.15) is 0 Å². The van der Waals surface area contributed by atoms with Crippen molar-refractivity contribution in [2.45, 2.75) is 32.4 Å². The second-order valence-corrected chi connectivity index (χ2v) is 10.0. The van der Waals surface area contributed by atoms with Gasteiger partial charge >= 0.3 is 6.09 Å². The number of fused-ring (bicyclic) bond motifs is 1. The van der Waals surface area contributed by atoms with E-state index < -0.39 is 12.1 Å². The highest BCUT2D eigenvalue weighted by atomic mass is 16.5. The zero-order valence-corrected chi connectivity index (χ0v) is 22.7. The maximum atomic E-state index is 12.4. The average molecular weight is 524 g/mol. The molecule has 4 rings (SSSR count). The zero-order chi connectivity index (χ0) is 27.9. The molecule has 1 aromatic heterocycles. The predicted molar refractivity (Wildman–Crippen MR) is 158 cm³/mol.